The van der Waals surface area contributed by atoms with Crippen molar-refractivity contribution in [2.45, 2.75) is 19.6 Å². The molecule has 0 radical (unpaired) electrons. The third-order valence-electron chi connectivity index (χ3n) is 3.59. The first-order chi connectivity index (χ1) is 12.3. The summed E-state index contributed by atoms with van der Waals surface area (Å²) in [6.45, 7) is 0. The Labute approximate surface area is 183 Å². The maximum Gasteiger partial charge on any atom is 0.310 e. The fourth-order valence-corrected chi connectivity index (χ4v) is 6.38. The summed E-state index contributed by atoms with van der Waals surface area (Å²) < 4.78 is 68.5. The van der Waals surface area contributed by atoms with Crippen molar-refractivity contribution in [2.24, 2.45) is 0 Å². The predicted octanol–water partition coefficient (Wildman–Crippen LogP) is 8.65. The smallest absolute Gasteiger partial charge is 0.0936 e. The molecule has 27 heavy (non-hydrogen) atoms. The van der Waals surface area contributed by atoms with Gasteiger partial charge in [0.1, 0.15) is 4.90 Å². The number of halogens is 7. The van der Waals surface area contributed by atoms with Gasteiger partial charge in [0.05, 0.1) is 10.9 Å². The molecule has 0 heterocycles. The average Bonchev–Trinajstić information content (AvgIpc) is 2.58. The lowest BCUT2D eigenvalue weighted by molar-refractivity contribution is 0.363. The van der Waals surface area contributed by atoms with Crippen LogP contribution in [0.4, 0.5) is 19.4 Å². The van der Waals surface area contributed by atoms with E-state index in [4.69, 9.17) is 0 Å². The molecule has 0 amide bonds. The molecule has 0 bridgehead atoms. The van der Waals surface area contributed by atoms with Gasteiger partial charge in [-0.25, -0.2) is 0 Å². The zero-order valence-electron chi connectivity index (χ0n) is 13.4. The van der Waals surface area contributed by atoms with Crippen LogP contribution in [0.5, 0.6) is 0 Å². The van der Waals surface area contributed by atoms with Crippen LogP contribution < -0.4 is 0 Å². The molecule has 1 unspecified atom stereocenters. The molecule has 144 valence electrons. The van der Waals surface area contributed by atoms with Gasteiger partial charge in [-0.15, -0.1) is 0 Å². The van der Waals surface area contributed by atoms with Crippen LogP contribution in [0.2, 0.25) is 0 Å². The highest BCUT2D eigenvalue weighted by molar-refractivity contribution is 14.1. The standard InChI is InChI=1S/C18H12F5I2S2/c19-27(20,21,22,23)16-8-4-7-14(11-16)26(13-5-2-1-3-6-13)15-9-10-17(24)18(25)12-15/h1-12H/q+1. The minimum atomic E-state index is -9.75. The monoisotopic (exact) mass is 641 g/mol. The highest BCUT2D eigenvalue weighted by Crippen LogP contribution is 3.02. The van der Waals surface area contributed by atoms with Crippen LogP contribution in [0, 0.1) is 7.14 Å². The molecule has 0 aliphatic carbocycles. The third-order valence-corrected chi connectivity index (χ3v) is 9.80. The van der Waals surface area contributed by atoms with Crippen LogP contribution in [0.3, 0.4) is 0 Å². The Morgan fingerprint density at radius 2 is 1.19 bits per heavy atom. The molecule has 0 N–H and O–H groups in total. The van der Waals surface area contributed by atoms with Crippen molar-refractivity contribution in [1.29, 1.82) is 0 Å². The van der Waals surface area contributed by atoms with E-state index in [1.165, 1.54) is 6.07 Å². The fraction of sp³-hybridized carbons (Fsp3) is 0. The maximum absolute atomic E-state index is 13.3. The molecule has 0 saturated carbocycles. The van der Waals surface area contributed by atoms with Crippen LogP contribution in [0.1, 0.15) is 0 Å². The number of benzene rings is 3. The maximum atomic E-state index is 13.3. The molecule has 1 atom stereocenters. The molecular formula is C18H12F5I2S2+. The topological polar surface area (TPSA) is 0 Å². The predicted molar refractivity (Wildman–Crippen MR) is 118 cm³/mol. The van der Waals surface area contributed by atoms with Crippen LogP contribution in [-0.4, -0.2) is 0 Å². The number of hydrogen-bond donors (Lipinski definition) is 0. The Morgan fingerprint density at radius 3 is 1.78 bits per heavy atom. The molecule has 3 aromatic rings. The summed E-state index contributed by atoms with van der Waals surface area (Å²) in [5, 5.41) is 0. The van der Waals surface area contributed by atoms with E-state index in [-0.39, 0.29) is 4.90 Å². The number of rotatable bonds is 4. The Morgan fingerprint density at radius 1 is 0.593 bits per heavy atom. The van der Waals surface area contributed by atoms with Crippen LogP contribution in [-0.2, 0) is 10.9 Å². The van der Waals surface area contributed by atoms with Crippen molar-refractivity contribution in [3.05, 3.63) is 79.9 Å². The highest BCUT2D eigenvalue weighted by atomic mass is 127. The van der Waals surface area contributed by atoms with Crippen molar-refractivity contribution >= 4 is 66.3 Å². The quantitative estimate of drug-likeness (QED) is 0.152. The van der Waals surface area contributed by atoms with Crippen molar-refractivity contribution < 1.29 is 19.4 Å². The lowest BCUT2D eigenvalue weighted by Gasteiger charge is -2.40. The number of hydrogen-bond acceptors (Lipinski definition) is 0. The lowest BCUT2D eigenvalue weighted by atomic mass is 10.4. The first-order valence-corrected chi connectivity index (χ1v) is 12.8. The largest absolute Gasteiger partial charge is 0.310 e. The first-order valence-electron chi connectivity index (χ1n) is 7.44. The van der Waals surface area contributed by atoms with Gasteiger partial charge in [-0.2, -0.15) is 0 Å². The molecule has 0 aliphatic rings. The van der Waals surface area contributed by atoms with E-state index in [0.717, 1.165) is 23.0 Å². The van der Waals surface area contributed by atoms with Crippen molar-refractivity contribution in [3.63, 3.8) is 0 Å². The second-order valence-electron chi connectivity index (χ2n) is 5.64. The summed E-state index contributed by atoms with van der Waals surface area (Å²) in [4.78, 5) is -0.135. The lowest BCUT2D eigenvalue weighted by Crippen LogP contribution is -2.09. The summed E-state index contributed by atoms with van der Waals surface area (Å²) in [7, 11) is -10.7. The van der Waals surface area contributed by atoms with Gasteiger partial charge in [0, 0.05) is 19.3 Å². The highest BCUT2D eigenvalue weighted by Gasteiger charge is 2.65. The molecule has 0 spiro atoms. The summed E-state index contributed by atoms with van der Waals surface area (Å²) in [5.41, 5.74) is 0. The van der Waals surface area contributed by atoms with Gasteiger partial charge < -0.3 is 0 Å². The summed E-state index contributed by atoms with van der Waals surface area (Å²) in [6, 6.07) is 18.1. The summed E-state index contributed by atoms with van der Waals surface area (Å²) >= 11 is 4.31. The van der Waals surface area contributed by atoms with E-state index in [2.05, 4.69) is 45.2 Å². The van der Waals surface area contributed by atoms with Crippen LogP contribution >= 0.6 is 55.4 Å². The minimum Gasteiger partial charge on any atom is -0.0936 e. The van der Waals surface area contributed by atoms with Gasteiger partial charge in [-0.1, -0.05) is 43.7 Å². The Bertz CT molecular complexity index is 992. The van der Waals surface area contributed by atoms with E-state index in [0.29, 0.717) is 12.1 Å². The minimum absolute atomic E-state index is 0.198. The molecule has 9 heteroatoms. The first kappa shape index (κ1) is 21.2. The SMILES string of the molecule is FS(F)(F)(F)(F)c1cccc([S+](c2ccccc2)c2ccc(I)c(I)c2)c1. The van der Waals surface area contributed by atoms with E-state index in [1.54, 1.807) is 30.3 Å². The van der Waals surface area contributed by atoms with Gasteiger partial charge >= 0.3 is 10.2 Å². The van der Waals surface area contributed by atoms with E-state index < -0.39 is 26.0 Å². The molecular weight excluding hydrogens is 629 g/mol. The molecule has 0 saturated heterocycles. The molecule has 0 nitrogen and oxygen atoms in total. The molecule has 0 aliphatic heterocycles. The fourth-order valence-electron chi connectivity index (χ4n) is 2.41. The normalized spacial score (nSPS) is 15.7. The van der Waals surface area contributed by atoms with E-state index >= 15 is 0 Å². The van der Waals surface area contributed by atoms with Gasteiger partial charge in [0.15, 0.2) is 14.7 Å². The van der Waals surface area contributed by atoms with Crippen molar-refractivity contribution in [1.82, 2.24) is 0 Å². The van der Waals surface area contributed by atoms with Gasteiger partial charge in [0.2, 0.25) is 0 Å². The van der Waals surface area contributed by atoms with E-state index in [1.807, 2.05) is 18.2 Å². The van der Waals surface area contributed by atoms with E-state index in [9.17, 15) is 19.4 Å². The zero-order valence-corrected chi connectivity index (χ0v) is 19.3. The molecule has 0 aromatic heterocycles. The van der Waals surface area contributed by atoms with Crippen LogP contribution in [0.25, 0.3) is 0 Å². The summed E-state index contributed by atoms with van der Waals surface area (Å²) in [6.07, 6.45) is 0. The Kier molecular flexibility index (Phi) is 5.31. The molecule has 0 fully saturated rings. The Balaban J connectivity index is 2.23. The summed E-state index contributed by atoms with van der Waals surface area (Å²) in [5.74, 6) is 0. The second kappa shape index (κ2) is 6.77. The van der Waals surface area contributed by atoms with Gasteiger partial charge in [-0.05, 0) is 81.6 Å². The molecule has 3 rings (SSSR count). The van der Waals surface area contributed by atoms with Gasteiger partial charge in [-0.3, -0.25) is 0 Å². The average molecular weight is 641 g/mol. The van der Waals surface area contributed by atoms with Crippen molar-refractivity contribution in [2.75, 3.05) is 0 Å². The second-order valence-corrected chi connectivity index (χ2v) is 12.4. The van der Waals surface area contributed by atoms with Gasteiger partial charge in [0.25, 0.3) is 0 Å². The van der Waals surface area contributed by atoms with Crippen molar-refractivity contribution in [3.8, 4) is 0 Å². The van der Waals surface area contributed by atoms with Crippen LogP contribution in [0.15, 0.2) is 92.4 Å². The molecule has 3 aromatic carbocycles. The Hall–Kier alpha value is -0.530. The zero-order chi connectivity index (χ0) is 19.9. The third kappa shape index (κ3) is 5.10.